The summed E-state index contributed by atoms with van der Waals surface area (Å²) in [6.45, 7) is 4.75. The Bertz CT molecular complexity index is 3040. The number of H-pyrrole nitrogens is 1. The highest BCUT2D eigenvalue weighted by atomic mass is 15.0. The Balaban J connectivity index is 1.10. The van der Waals surface area contributed by atoms with E-state index in [1.807, 2.05) is 12.1 Å². The summed E-state index contributed by atoms with van der Waals surface area (Å²) in [5.74, 6) is 0.724. The van der Waals surface area contributed by atoms with Crippen molar-refractivity contribution in [2.24, 2.45) is 0 Å². The Labute approximate surface area is 294 Å². The molecule has 1 aliphatic rings. The number of fused-ring (bicyclic) bond motifs is 11. The fraction of sp³-hybridized carbons (Fsp3) is 0.0638. The van der Waals surface area contributed by atoms with E-state index in [0.717, 1.165) is 39.2 Å². The molecule has 0 bridgehead atoms. The first-order valence-corrected chi connectivity index (χ1v) is 17.6. The monoisotopic (exact) mass is 652 g/mol. The topological polar surface area (TPSA) is 46.5 Å². The fourth-order valence-electron chi connectivity index (χ4n) is 8.69. The number of nitrogens with one attached hydrogen (secondary N) is 1. The summed E-state index contributed by atoms with van der Waals surface area (Å²) < 4.78 is 2.42. The molecule has 0 aliphatic heterocycles. The molecular weight excluding hydrogens is 621 g/mol. The van der Waals surface area contributed by atoms with Crippen molar-refractivity contribution < 1.29 is 0 Å². The predicted octanol–water partition coefficient (Wildman–Crippen LogP) is 12.0. The van der Waals surface area contributed by atoms with Gasteiger partial charge in [0, 0.05) is 60.2 Å². The van der Waals surface area contributed by atoms with Gasteiger partial charge >= 0.3 is 0 Å². The van der Waals surface area contributed by atoms with Crippen LogP contribution in [0.1, 0.15) is 25.0 Å². The van der Waals surface area contributed by atoms with Crippen molar-refractivity contribution >= 4 is 54.5 Å². The first-order chi connectivity index (χ1) is 25.0. The maximum absolute atomic E-state index is 5.13. The molecular formula is C47H32N4. The number of aromatic nitrogens is 4. The molecule has 0 amide bonds. The molecule has 240 valence electrons. The first kappa shape index (κ1) is 28.3. The summed E-state index contributed by atoms with van der Waals surface area (Å²) in [7, 11) is 0. The zero-order valence-corrected chi connectivity index (χ0v) is 28.3. The third-order valence-corrected chi connectivity index (χ3v) is 11.1. The fourth-order valence-corrected chi connectivity index (χ4v) is 8.69. The Morgan fingerprint density at radius 3 is 2.10 bits per heavy atom. The van der Waals surface area contributed by atoms with Gasteiger partial charge in [-0.15, -0.1) is 0 Å². The van der Waals surface area contributed by atoms with Crippen LogP contribution in [-0.4, -0.2) is 19.5 Å². The number of aromatic amines is 1. The minimum absolute atomic E-state index is 0.152. The quantitative estimate of drug-likeness (QED) is 0.206. The number of benzene rings is 7. The summed E-state index contributed by atoms with van der Waals surface area (Å²) >= 11 is 0. The van der Waals surface area contributed by atoms with Crippen LogP contribution in [0.3, 0.4) is 0 Å². The van der Waals surface area contributed by atoms with Crippen molar-refractivity contribution in [2.75, 3.05) is 0 Å². The van der Waals surface area contributed by atoms with Crippen molar-refractivity contribution in [3.63, 3.8) is 0 Å². The lowest BCUT2D eigenvalue weighted by atomic mass is 9.82. The van der Waals surface area contributed by atoms with Crippen LogP contribution in [-0.2, 0) is 5.41 Å². The van der Waals surface area contributed by atoms with Crippen molar-refractivity contribution in [3.05, 3.63) is 163 Å². The van der Waals surface area contributed by atoms with Gasteiger partial charge in [-0.1, -0.05) is 105 Å². The van der Waals surface area contributed by atoms with Gasteiger partial charge in [-0.25, -0.2) is 9.97 Å². The Morgan fingerprint density at radius 1 is 0.529 bits per heavy atom. The molecule has 10 aromatic rings. The molecule has 11 rings (SSSR count). The Hall–Kier alpha value is -6.52. The van der Waals surface area contributed by atoms with Gasteiger partial charge < -0.3 is 9.55 Å². The summed E-state index contributed by atoms with van der Waals surface area (Å²) in [6, 6.07) is 54.4. The average Bonchev–Trinajstić information content (AvgIpc) is 3.79. The van der Waals surface area contributed by atoms with Crippen LogP contribution in [0, 0.1) is 0 Å². The van der Waals surface area contributed by atoms with Gasteiger partial charge in [0.15, 0.2) is 5.82 Å². The first-order valence-electron chi connectivity index (χ1n) is 17.6. The Morgan fingerprint density at radius 2 is 1.25 bits per heavy atom. The van der Waals surface area contributed by atoms with Crippen LogP contribution in [0.2, 0.25) is 0 Å². The van der Waals surface area contributed by atoms with Gasteiger partial charge in [-0.2, -0.15) is 0 Å². The molecule has 0 unspecified atom stereocenters. The third-order valence-electron chi connectivity index (χ3n) is 11.1. The lowest BCUT2D eigenvalue weighted by Crippen LogP contribution is -2.15. The standard InChI is InChI=1S/C47H32N4/c1-47(2)36-24-25-40-44(32-15-6-9-17-38(32)48-40)43(36)35-26-34-31-14-8-11-19-41(31)51(42(34)27-37(35)47)30-22-20-29(21-23-30)46-49-39-18-10-7-16-33(39)45(50-46)28-12-4-3-5-13-28/h3-27,48H,1-2H3. The van der Waals surface area contributed by atoms with E-state index in [1.165, 1.54) is 65.9 Å². The molecule has 3 heterocycles. The van der Waals surface area contributed by atoms with Crippen LogP contribution in [0.5, 0.6) is 0 Å². The maximum atomic E-state index is 5.13. The average molecular weight is 653 g/mol. The molecule has 0 saturated carbocycles. The van der Waals surface area contributed by atoms with E-state index in [1.54, 1.807) is 0 Å². The number of nitrogens with zero attached hydrogens (tertiary/aromatic N) is 3. The zero-order valence-electron chi connectivity index (χ0n) is 28.3. The van der Waals surface area contributed by atoms with Crippen LogP contribution in [0.25, 0.3) is 94.0 Å². The molecule has 7 aromatic carbocycles. The van der Waals surface area contributed by atoms with E-state index in [9.17, 15) is 0 Å². The molecule has 1 N–H and O–H groups in total. The minimum Gasteiger partial charge on any atom is -0.354 e. The maximum Gasteiger partial charge on any atom is 0.160 e. The van der Waals surface area contributed by atoms with Crippen LogP contribution >= 0.6 is 0 Å². The summed E-state index contributed by atoms with van der Waals surface area (Å²) in [6.07, 6.45) is 0. The number of rotatable bonds is 3. The van der Waals surface area contributed by atoms with E-state index < -0.39 is 0 Å². The van der Waals surface area contributed by atoms with Gasteiger partial charge in [-0.05, 0) is 82.9 Å². The highest BCUT2D eigenvalue weighted by Crippen LogP contribution is 2.54. The molecule has 0 fully saturated rings. The van der Waals surface area contributed by atoms with Crippen molar-refractivity contribution in [3.8, 4) is 39.5 Å². The van der Waals surface area contributed by atoms with Crippen LogP contribution in [0.4, 0.5) is 0 Å². The van der Waals surface area contributed by atoms with Gasteiger partial charge in [0.05, 0.1) is 22.2 Å². The molecule has 0 spiro atoms. The second-order valence-electron chi connectivity index (χ2n) is 14.3. The van der Waals surface area contributed by atoms with E-state index in [4.69, 9.17) is 9.97 Å². The summed E-state index contributed by atoms with van der Waals surface area (Å²) in [5.41, 5.74) is 15.1. The molecule has 0 atom stereocenters. The molecule has 51 heavy (non-hydrogen) atoms. The van der Waals surface area contributed by atoms with Crippen molar-refractivity contribution in [2.45, 2.75) is 19.3 Å². The molecule has 4 heteroatoms. The SMILES string of the molecule is CC1(C)c2cc3c(cc2-c2c1ccc1[nH]c4ccccc4c21)c1ccccc1n3-c1ccc(-c2nc(-c3ccccc3)c3ccccc3n2)cc1. The minimum atomic E-state index is -0.152. The summed E-state index contributed by atoms with van der Waals surface area (Å²) in [4.78, 5) is 13.8. The molecule has 1 aliphatic carbocycles. The molecule has 3 aromatic heterocycles. The van der Waals surface area contributed by atoms with Crippen LogP contribution in [0.15, 0.2) is 152 Å². The van der Waals surface area contributed by atoms with Crippen molar-refractivity contribution in [1.82, 2.24) is 19.5 Å². The lowest BCUT2D eigenvalue weighted by molar-refractivity contribution is 0.661. The van der Waals surface area contributed by atoms with Gasteiger partial charge in [0.2, 0.25) is 0 Å². The summed E-state index contributed by atoms with van der Waals surface area (Å²) in [5, 5.41) is 6.17. The largest absolute Gasteiger partial charge is 0.354 e. The lowest BCUT2D eigenvalue weighted by Gasteiger charge is -2.22. The zero-order chi connectivity index (χ0) is 33.8. The van der Waals surface area contributed by atoms with E-state index in [2.05, 4.69) is 163 Å². The van der Waals surface area contributed by atoms with E-state index in [0.29, 0.717) is 0 Å². The van der Waals surface area contributed by atoms with E-state index in [-0.39, 0.29) is 5.41 Å². The second-order valence-corrected chi connectivity index (χ2v) is 14.3. The van der Waals surface area contributed by atoms with E-state index >= 15 is 0 Å². The molecule has 4 nitrogen and oxygen atoms in total. The number of para-hydroxylation sites is 3. The predicted molar refractivity (Wildman–Crippen MR) is 212 cm³/mol. The smallest absolute Gasteiger partial charge is 0.160 e. The normalized spacial score (nSPS) is 13.5. The second kappa shape index (κ2) is 10.3. The number of hydrogen-bond donors (Lipinski definition) is 1. The highest BCUT2D eigenvalue weighted by Gasteiger charge is 2.38. The van der Waals surface area contributed by atoms with Gasteiger partial charge in [-0.3, -0.25) is 0 Å². The van der Waals surface area contributed by atoms with Crippen LogP contribution < -0.4 is 0 Å². The van der Waals surface area contributed by atoms with Crippen molar-refractivity contribution in [1.29, 1.82) is 0 Å². The number of hydrogen-bond acceptors (Lipinski definition) is 2. The molecule has 0 saturated heterocycles. The molecule has 0 radical (unpaired) electrons. The third kappa shape index (κ3) is 3.96. The highest BCUT2D eigenvalue weighted by molar-refractivity contribution is 6.19. The van der Waals surface area contributed by atoms with Gasteiger partial charge in [0.25, 0.3) is 0 Å². The Kier molecular flexibility index (Phi) is 5.70. The van der Waals surface area contributed by atoms with Gasteiger partial charge in [0.1, 0.15) is 0 Å².